The van der Waals surface area contributed by atoms with Gasteiger partial charge in [0.15, 0.2) is 0 Å². The van der Waals surface area contributed by atoms with Gasteiger partial charge < -0.3 is 0 Å². The normalized spacial score (nSPS) is 11.9. The molecule has 0 saturated carbocycles. The van der Waals surface area contributed by atoms with Crippen LogP contribution in [0.25, 0.3) is 0 Å². The van der Waals surface area contributed by atoms with E-state index in [1.54, 1.807) is 0 Å². The fourth-order valence-electron chi connectivity index (χ4n) is 2.22. The Balaban J connectivity index is 3.21. The maximum absolute atomic E-state index is 11.5. The minimum Gasteiger partial charge on any atom is -0.229 e. The first-order valence-electron chi connectivity index (χ1n) is 7.82. The van der Waals surface area contributed by atoms with Gasteiger partial charge in [0.2, 0.25) is 0 Å². The summed E-state index contributed by atoms with van der Waals surface area (Å²) >= 11 is 0. The molecule has 0 aromatic heterocycles. The highest BCUT2D eigenvalue weighted by Crippen LogP contribution is 2.11. The molecule has 110 valence electrons. The Hall–Kier alpha value is -0.0500. The van der Waals surface area contributed by atoms with Crippen molar-refractivity contribution in [2.75, 3.05) is 11.5 Å². The van der Waals surface area contributed by atoms with Gasteiger partial charge >= 0.3 is 0 Å². The lowest BCUT2D eigenvalue weighted by atomic mass is 10.1. The third kappa shape index (κ3) is 12.4. The fraction of sp³-hybridized carbons (Fsp3) is 1.00. The summed E-state index contributed by atoms with van der Waals surface area (Å²) in [5.74, 6) is 0.766. The highest BCUT2D eigenvalue weighted by atomic mass is 32.2. The molecule has 0 aliphatic heterocycles. The summed E-state index contributed by atoms with van der Waals surface area (Å²) in [6.07, 6.45) is 13.3. The molecule has 0 heterocycles. The summed E-state index contributed by atoms with van der Waals surface area (Å²) in [7, 11) is -2.74. The largest absolute Gasteiger partial charge is 0.229 e. The molecule has 0 unspecified atom stereocenters. The lowest BCUT2D eigenvalue weighted by Gasteiger charge is -2.03. The van der Waals surface area contributed by atoms with E-state index in [-0.39, 0.29) is 0 Å². The smallest absolute Gasteiger partial charge is 0.150 e. The average Bonchev–Trinajstić information content (AvgIpc) is 2.31. The van der Waals surface area contributed by atoms with Crippen LogP contribution in [0.1, 0.15) is 84.5 Å². The van der Waals surface area contributed by atoms with Gasteiger partial charge in [-0.1, -0.05) is 71.6 Å². The Morgan fingerprint density at radius 1 is 0.556 bits per heavy atom. The van der Waals surface area contributed by atoms with Gasteiger partial charge in [-0.05, 0) is 12.8 Å². The van der Waals surface area contributed by atoms with Crippen molar-refractivity contribution < 1.29 is 8.42 Å². The maximum atomic E-state index is 11.5. The van der Waals surface area contributed by atoms with Crippen LogP contribution in [0, 0.1) is 0 Å². The molecule has 0 N–H and O–H groups in total. The van der Waals surface area contributed by atoms with Crippen LogP contribution in [0.5, 0.6) is 0 Å². The van der Waals surface area contributed by atoms with Crippen molar-refractivity contribution in [1.29, 1.82) is 0 Å². The van der Waals surface area contributed by atoms with Crippen LogP contribution in [-0.2, 0) is 9.84 Å². The third-order valence-corrected chi connectivity index (χ3v) is 5.26. The molecule has 0 saturated heterocycles. The van der Waals surface area contributed by atoms with Crippen molar-refractivity contribution in [3.05, 3.63) is 0 Å². The zero-order valence-corrected chi connectivity index (χ0v) is 13.2. The Kier molecular flexibility index (Phi) is 12.0. The molecule has 2 nitrogen and oxygen atoms in total. The molecule has 0 atom stereocenters. The van der Waals surface area contributed by atoms with E-state index in [4.69, 9.17) is 0 Å². The first-order chi connectivity index (χ1) is 8.62. The number of hydrogen-bond acceptors (Lipinski definition) is 2. The highest BCUT2D eigenvalue weighted by Gasteiger charge is 2.07. The maximum Gasteiger partial charge on any atom is 0.150 e. The molecule has 0 aromatic carbocycles. The van der Waals surface area contributed by atoms with E-state index in [1.807, 2.05) is 6.92 Å². The van der Waals surface area contributed by atoms with Crippen molar-refractivity contribution in [2.24, 2.45) is 0 Å². The Morgan fingerprint density at radius 3 is 1.44 bits per heavy atom. The Bertz CT molecular complexity index is 258. The van der Waals surface area contributed by atoms with Crippen LogP contribution < -0.4 is 0 Å². The predicted molar refractivity (Wildman–Crippen MR) is 80.8 cm³/mol. The van der Waals surface area contributed by atoms with E-state index in [9.17, 15) is 8.42 Å². The molecule has 0 amide bonds. The second-order valence-electron chi connectivity index (χ2n) is 5.33. The summed E-state index contributed by atoms with van der Waals surface area (Å²) in [6.45, 7) is 4.17. The molecule has 0 fully saturated rings. The molecule has 0 aromatic rings. The molecule has 0 aliphatic carbocycles. The minimum absolute atomic E-state index is 0.366. The van der Waals surface area contributed by atoms with E-state index < -0.39 is 9.84 Å². The van der Waals surface area contributed by atoms with E-state index in [2.05, 4.69) is 6.92 Å². The summed E-state index contributed by atoms with van der Waals surface area (Å²) in [6, 6.07) is 0. The van der Waals surface area contributed by atoms with Gasteiger partial charge in [-0.25, -0.2) is 8.42 Å². The molecule has 0 radical (unpaired) electrons. The molecular weight excluding hydrogens is 244 g/mol. The van der Waals surface area contributed by atoms with Gasteiger partial charge in [0, 0.05) is 5.75 Å². The molecular formula is C15H32O2S. The van der Waals surface area contributed by atoms with Crippen molar-refractivity contribution in [1.82, 2.24) is 0 Å². The summed E-state index contributed by atoms with van der Waals surface area (Å²) < 4.78 is 22.9. The van der Waals surface area contributed by atoms with E-state index >= 15 is 0 Å². The van der Waals surface area contributed by atoms with Crippen LogP contribution in [0.4, 0.5) is 0 Å². The van der Waals surface area contributed by atoms with Crippen LogP contribution in [-0.4, -0.2) is 19.9 Å². The van der Waals surface area contributed by atoms with Crippen LogP contribution in [0.3, 0.4) is 0 Å². The fourth-order valence-corrected chi connectivity index (χ4v) is 3.69. The first-order valence-corrected chi connectivity index (χ1v) is 9.65. The zero-order chi connectivity index (χ0) is 13.7. The zero-order valence-electron chi connectivity index (χ0n) is 12.4. The van der Waals surface area contributed by atoms with Gasteiger partial charge in [0.05, 0.1) is 5.75 Å². The quantitative estimate of drug-likeness (QED) is 0.456. The monoisotopic (exact) mass is 276 g/mol. The molecule has 0 spiro atoms. The van der Waals surface area contributed by atoms with Crippen LogP contribution >= 0.6 is 0 Å². The molecule has 0 bridgehead atoms. The van der Waals surface area contributed by atoms with Crippen molar-refractivity contribution in [3.8, 4) is 0 Å². The third-order valence-electron chi connectivity index (χ3n) is 3.32. The van der Waals surface area contributed by atoms with Gasteiger partial charge in [0.1, 0.15) is 9.84 Å². The Morgan fingerprint density at radius 2 is 1.00 bits per heavy atom. The molecule has 0 aliphatic rings. The van der Waals surface area contributed by atoms with Gasteiger partial charge in [-0.2, -0.15) is 0 Å². The van der Waals surface area contributed by atoms with E-state index in [0.717, 1.165) is 19.3 Å². The van der Waals surface area contributed by atoms with Crippen LogP contribution in [0.15, 0.2) is 0 Å². The van der Waals surface area contributed by atoms with Crippen molar-refractivity contribution in [3.63, 3.8) is 0 Å². The Labute approximate surface area is 114 Å². The molecule has 3 heteroatoms. The van der Waals surface area contributed by atoms with Crippen molar-refractivity contribution in [2.45, 2.75) is 84.5 Å². The highest BCUT2D eigenvalue weighted by molar-refractivity contribution is 7.91. The lowest BCUT2D eigenvalue weighted by Crippen LogP contribution is -2.10. The predicted octanol–water partition coefficient (Wildman–Crippen LogP) is 4.73. The average molecular weight is 276 g/mol. The van der Waals surface area contributed by atoms with E-state index in [1.165, 1.54) is 51.4 Å². The SMILES string of the molecule is CCCCCCCCCCCCS(=O)(=O)CCC. The molecule has 0 rings (SSSR count). The van der Waals surface area contributed by atoms with Crippen LogP contribution in [0.2, 0.25) is 0 Å². The number of unbranched alkanes of at least 4 members (excludes halogenated alkanes) is 9. The van der Waals surface area contributed by atoms with Crippen molar-refractivity contribution >= 4 is 9.84 Å². The summed E-state index contributed by atoms with van der Waals surface area (Å²) in [5, 5.41) is 0. The standard InChI is InChI=1S/C15H32O2S/c1-3-5-6-7-8-9-10-11-12-13-15-18(16,17)14-4-2/h3-15H2,1-2H3. The second kappa shape index (κ2) is 12.0. The number of sulfone groups is 1. The number of hydrogen-bond donors (Lipinski definition) is 0. The second-order valence-corrected chi connectivity index (χ2v) is 7.64. The lowest BCUT2D eigenvalue weighted by molar-refractivity contribution is 0.557. The summed E-state index contributed by atoms with van der Waals surface area (Å²) in [5.41, 5.74) is 0. The number of rotatable bonds is 13. The van der Waals surface area contributed by atoms with Gasteiger partial charge in [-0.15, -0.1) is 0 Å². The van der Waals surface area contributed by atoms with Gasteiger partial charge in [0.25, 0.3) is 0 Å². The molecule has 18 heavy (non-hydrogen) atoms. The first kappa shape index (κ1) is 17.9. The van der Waals surface area contributed by atoms with Gasteiger partial charge in [-0.3, -0.25) is 0 Å². The van der Waals surface area contributed by atoms with E-state index in [0.29, 0.717) is 11.5 Å². The summed E-state index contributed by atoms with van der Waals surface area (Å²) in [4.78, 5) is 0. The minimum atomic E-state index is -2.74. The topological polar surface area (TPSA) is 34.1 Å².